The Morgan fingerprint density at radius 1 is 1.25 bits per heavy atom. The average molecular weight is 223 g/mol. The first-order valence-corrected chi connectivity index (χ1v) is 5.89. The molecule has 0 saturated heterocycles. The van der Waals surface area contributed by atoms with Crippen LogP contribution in [0.4, 0.5) is 0 Å². The summed E-state index contributed by atoms with van der Waals surface area (Å²) in [7, 11) is 3.87. The van der Waals surface area contributed by atoms with E-state index < -0.39 is 0 Å². The highest BCUT2D eigenvalue weighted by Gasteiger charge is 2.03. The quantitative estimate of drug-likeness (QED) is 0.296. The zero-order valence-electron chi connectivity index (χ0n) is 10.7. The van der Waals surface area contributed by atoms with E-state index in [-0.39, 0.29) is 0 Å². The summed E-state index contributed by atoms with van der Waals surface area (Å²) in [5, 5.41) is 3.21. The van der Waals surface area contributed by atoms with Crippen molar-refractivity contribution in [1.29, 1.82) is 0 Å². The molecule has 0 unspecified atom stereocenters. The van der Waals surface area contributed by atoms with Gasteiger partial charge in [0.2, 0.25) is 0 Å². The Hall–Kier alpha value is -1.25. The zero-order chi connectivity index (χ0) is 12.2. The van der Waals surface area contributed by atoms with E-state index in [0.717, 1.165) is 25.5 Å². The van der Waals surface area contributed by atoms with E-state index in [0.29, 0.717) is 0 Å². The SMILES string of the molecule is C=CCCCCCN(C)C(=NC)NCC=C. The predicted octanol–water partition coefficient (Wildman–Crippen LogP) is 2.43. The number of nitrogens with one attached hydrogen (secondary N) is 1. The van der Waals surface area contributed by atoms with Crippen LogP contribution in [0.5, 0.6) is 0 Å². The summed E-state index contributed by atoms with van der Waals surface area (Å²) in [6.07, 6.45) is 8.61. The minimum absolute atomic E-state index is 0.757. The molecule has 0 aromatic rings. The first-order valence-electron chi connectivity index (χ1n) is 5.89. The molecule has 0 rings (SSSR count). The zero-order valence-corrected chi connectivity index (χ0v) is 10.7. The minimum atomic E-state index is 0.757. The van der Waals surface area contributed by atoms with Crippen molar-refractivity contribution >= 4 is 5.96 Å². The summed E-state index contributed by atoms with van der Waals surface area (Å²) < 4.78 is 0. The van der Waals surface area contributed by atoms with Crippen molar-refractivity contribution in [2.75, 3.05) is 27.2 Å². The van der Waals surface area contributed by atoms with Crippen LogP contribution in [0.1, 0.15) is 25.7 Å². The van der Waals surface area contributed by atoms with Gasteiger partial charge in [-0.25, -0.2) is 0 Å². The van der Waals surface area contributed by atoms with Crippen molar-refractivity contribution in [3.05, 3.63) is 25.3 Å². The standard InChI is InChI=1S/C13H25N3/c1-5-7-8-9-10-12-16(4)13(14-3)15-11-6-2/h5-6H,1-2,7-12H2,3-4H3,(H,14,15). The van der Waals surface area contributed by atoms with Gasteiger partial charge in [-0.1, -0.05) is 18.6 Å². The Morgan fingerprint density at radius 3 is 2.56 bits per heavy atom. The lowest BCUT2D eigenvalue weighted by molar-refractivity contribution is 0.458. The number of allylic oxidation sites excluding steroid dienone is 1. The van der Waals surface area contributed by atoms with Gasteiger partial charge >= 0.3 is 0 Å². The smallest absolute Gasteiger partial charge is 0.193 e. The molecule has 0 aliphatic carbocycles. The van der Waals surface area contributed by atoms with Crippen molar-refractivity contribution < 1.29 is 0 Å². The molecule has 3 heteroatoms. The van der Waals surface area contributed by atoms with Gasteiger partial charge in [-0.3, -0.25) is 4.99 Å². The Kier molecular flexibility index (Phi) is 9.47. The van der Waals surface area contributed by atoms with E-state index >= 15 is 0 Å². The summed E-state index contributed by atoms with van der Waals surface area (Å²) in [6, 6.07) is 0. The van der Waals surface area contributed by atoms with Crippen LogP contribution in [0, 0.1) is 0 Å². The molecule has 0 aliphatic rings. The Labute approximate surface area is 99.9 Å². The van der Waals surface area contributed by atoms with Crippen molar-refractivity contribution in [3.63, 3.8) is 0 Å². The second kappa shape index (κ2) is 10.3. The van der Waals surface area contributed by atoms with Crippen LogP contribution in [0.15, 0.2) is 30.3 Å². The lowest BCUT2D eigenvalue weighted by atomic mass is 10.2. The number of nitrogens with zero attached hydrogens (tertiary/aromatic N) is 2. The molecule has 0 radical (unpaired) electrons. The van der Waals surface area contributed by atoms with Crippen molar-refractivity contribution in [2.24, 2.45) is 4.99 Å². The molecule has 16 heavy (non-hydrogen) atoms. The molecule has 0 aromatic heterocycles. The molecular weight excluding hydrogens is 198 g/mol. The Bertz CT molecular complexity index is 221. The average Bonchev–Trinajstić information content (AvgIpc) is 2.30. The number of hydrogen-bond donors (Lipinski definition) is 1. The van der Waals surface area contributed by atoms with E-state index in [9.17, 15) is 0 Å². The molecule has 0 saturated carbocycles. The molecule has 0 aliphatic heterocycles. The highest BCUT2D eigenvalue weighted by atomic mass is 15.3. The van der Waals surface area contributed by atoms with Gasteiger partial charge in [0, 0.05) is 27.2 Å². The van der Waals surface area contributed by atoms with Crippen LogP contribution in [-0.4, -0.2) is 38.0 Å². The summed E-state index contributed by atoms with van der Waals surface area (Å²) in [5.41, 5.74) is 0. The van der Waals surface area contributed by atoms with Crippen LogP contribution >= 0.6 is 0 Å². The highest BCUT2D eigenvalue weighted by Crippen LogP contribution is 2.01. The summed E-state index contributed by atoms with van der Waals surface area (Å²) >= 11 is 0. The van der Waals surface area contributed by atoms with Crippen LogP contribution in [0.3, 0.4) is 0 Å². The molecule has 0 bridgehead atoms. The third-order valence-electron chi connectivity index (χ3n) is 2.38. The van der Waals surface area contributed by atoms with Crippen molar-refractivity contribution in [1.82, 2.24) is 10.2 Å². The van der Waals surface area contributed by atoms with Gasteiger partial charge in [0.05, 0.1) is 0 Å². The molecular formula is C13H25N3. The highest BCUT2D eigenvalue weighted by molar-refractivity contribution is 5.79. The van der Waals surface area contributed by atoms with Gasteiger partial charge in [0.1, 0.15) is 0 Å². The summed E-state index contributed by atoms with van der Waals surface area (Å²) in [4.78, 5) is 6.36. The van der Waals surface area contributed by atoms with Gasteiger partial charge in [-0.05, 0) is 19.3 Å². The van der Waals surface area contributed by atoms with Gasteiger partial charge in [-0.15, -0.1) is 13.2 Å². The number of guanidine groups is 1. The maximum Gasteiger partial charge on any atom is 0.193 e. The fourth-order valence-electron chi connectivity index (χ4n) is 1.47. The first-order chi connectivity index (χ1) is 7.76. The lowest BCUT2D eigenvalue weighted by Crippen LogP contribution is -2.39. The van der Waals surface area contributed by atoms with E-state index in [2.05, 4.69) is 35.4 Å². The maximum atomic E-state index is 4.21. The maximum absolute atomic E-state index is 4.21. The van der Waals surface area contributed by atoms with Crippen LogP contribution in [-0.2, 0) is 0 Å². The molecule has 0 atom stereocenters. The van der Waals surface area contributed by atoms with Crippen LogP contribution in [0.2, 0.25) is 0 Å². The monoisotopic (exact) mass is 223 g/mol. The number of aliphatic imine (C=N–C) groups is 1. The third kappa shape index (κ3) is 7.10. The first kappa shape index (κ1) is 14.8. The predicted molar refractivity (Wildman–Crippen MR) is 72.9 cm³/mol. The second-order valence-corrected chi connectivity index (χ2v) is 3.78. The molecule has 1 N–H and O–H groups in total. The van der Waals surface area contributed by atoms with Crippen molar-refractivity contribution in [2.45, 2.75) is 25.7 Å². The summed E-state index contributed by atoms with van der Waals surface area (Å²) in [6.45, 7) is 9.19. The number of rotatable bonds is 8. The molecule has 0 spiro atoms. The molecule has 0 fully saturated rings. The normalized spacial score (nSPS) is 11.0. The molecule has 92 valence electrons. The van der Waals surface area contributed by atoms with Crippen molar-refractivity contribution in [3.8, 4) is 0 Å². The van der Waals surface area contributed by atoms with Gasteiger partial charge < -0.3 is 10.2 Å². The van der Waals surface area contributed by atoms with Gasteiger partial charge in [0.15, 0.2) is 5.96 Å². The van der Waals surface area contributed by atoms with Gasteiger partial charge in [-0.2, -0.15) is 0 Å². The fourth-order valence-corrected chi connectivity index (χ4v) is 1.47. The third-order valence-corrected chi connectivity index (χ3v) is 2.38. The molecule has 0 aromatic carbocycles. The summed E-state index contributed by atoms with van der Waals surface area (Å²) in [5.74, 6) is 0.934. The second-order valence-electron chi connectivity index (χ2n) is 3.78. The van der Waals surface area contributed by atoms with E-state index in [1.165, 1.54) is 19.3 Å². The van der Waals surface area contributed by atoms with Crippen LogP contribution in [0.25, 0.3) is 0 Å². The number of unbranched alkanes of at least 4 members (excludes halogenated alkanes) is 3. The number of hydrogen-bond acceptors (Lipinski definition) is 1. The van der Waals surface area contributed by atoms with E-state index in [1.807, 2.05) is 12.2 Å². The molecule has 3 nitrogen and oxygen atoms in total. The fraction of sp³-hybridized carbons (Fsp3) is 0.615. The topological polar surface area (TPSA) is 27.6 Å². The van der Waals surface area contributed by atoms with E-state index in [1.54, 1.807) is 7.05 Å². The largest absolute Gasteiger partial charge is 0.353 e. The van der Waals surface area contributed by atoms with Gasteiger partial charge in [0.25, 0.3) is 0 Å². The minimum Gasteiger partial charge on any atom is -0.353 e. The molecule has 0 heterocycles. The lowest BCUT2D eigenvalue weighted by Gasteiger charge is -2.21. The Morgan fingerprint density at radius 2 is 2.00 bits per heavy atom. The molecule has 0 amide bonds. The van der Waals surface area contributed by atoms with E-state index in [4.69, 9.17) is 0 Å². The Balaban J connectivity index is 3.71. The van der Waals surface area contributed by atoms with Crippen LogP contribution < -0.4 is 5.32 Å².